The average Bonchev–Trinajstić information content (AvgIpc) is 2.71. The highest BCUT2D eigenvalue weighted by atomic mass is 16.5. The summed E-state index contributed by atoms with van der Waals surface area (Å²) < 4.78 is 6.48. The minimum Gasteiger partial charge on any atom is -0.383 e. The number of nitrogens with one attached hydrogen (secondary N) is 2. The molecule has 0 saturated carbocycles. The third-order valence-electron chi connectivity index (χ3n) is 4.89. The predicted molar refractivity (Wildman–Crippen MR) is 103 cm³/mol. The quantitative estimate of drug-likeness (QED) is 0.506. The predicted octanol–water partition coefficient (Wildman–Crippen LogP) is -0.178. The summed E-state index contributed by atoms with van der Waals surface area (Å²) in [5, 5.41) is 15.9. The maximum absolute atomic E-state index is 12.4. The van der Waals surface area contributed by atoms with E-state index in [2.05, 4.69) is 15.6 Å². The molecule has 2 heterocycles. The van der Waals surface area contributed by atoms with E-state index in [1.807, 2.05) is 6.92 Å². The largest absolute Gasteiger partial charge is 0.383 e. The van der Waals surface area contributed by atoms with Gasteiger partial charge in [-0.2, -0.15) is 0 Å². The van der Waals surface area contributed by atoms with E-state index in [1.54, 1.807) is 0 Å². The first-order valence-electron chi connectivity index (χ1n) is 9.84. The molecule has 1 aliphatic rings. The first-order chi connectivity index (χ1) is 13.5. The van der Waals surface area contributed by atoms with E-state index in [0.717, 1.165) is 12.8 Å². The molecule has 2 unspecified atom stereocenters. The highest BCUT2D eigenvalue weighted by molar-refractivity contribution is 5.81. The zero-order chi connectivity index (χ0) is 20.4. The smallest absolute Gasteiger partial charge is 0.253 e. The van der Waals surface area contributed by atoms with Crippen molar-refractivity contribution in [2.45, 2.75) is 57.7 Å². The normalized spacial score (nSPS) is 16.9. The Balaban J connectivity index is 1.85. The Bertz CT molecular complexity index is 687. The minimum absolute atomic E-state index is 0.104. The van der Waals surface area contributed by atoms with Crippen LogP contribution >= 0.6 is 0 Å². The van der Waals surface area contributed by atoms with Crippen molar-refractivity contribution in [3.05, 3.63) is 28.9 Å². The summed E-state index contributed by atoms with van der Waals surface area (Å²) in [7, 11) is 0. The monoisotopic (exact) mass is 394 g/mol. The first-order valence-corrected chi connectivity index (χ1v) is 9.84. The number of aliphatic hydroxyl groups is 1. The number of hydrogen-bond acceptors (Lipinski definition) is 6. The summed E-state index contributed by atoms with van der Waals surface area (Å²) in [5.41, 5.74) is -0.305. The van der Waals surface area contributed by atoms with Crippen LogP contribution in [0.1, 0.15) is 39.0 Å². The summed E-state index contributed by atoms with van der Waals surface area (Å²) in [5.74, 6) is -0.853. The molecule has 2 amide bonds. The van der Waals surface area contributed by atoms with Crippen molar-refractivity contribution in [3.63, 3.8) is 0 Å². The van der Waals surface area contributed by atoms with Gasteiger partial charge in [-0.1, -0.05) is 19.8 Å². The lowest BCUT2D eigenvalue weighted by molar-refractivity contribution is -0.135. The maximum atomic E-state index is 12.4. The van der Waals surface area contributed by atoms with Crippen LogP contribution in [0.2, 0.25) is 0 Å². The van der Waals surface area contributed by atoms with Gasteiger partial charge in [0.15, 0.2) is 0 Å². The number of carbonyl (C=O) groups excluding carboxylic acids is 2. The Labute approximate surface area is 164 Å². The van der Waals surface area contributed by atoms with Gasteiger partial charge >= 0.3 is 0 Å². The summed E-state index contributed by atoms with van der Waals surface area (Å²) >= 11 is 0. The van der Waals surface area contributed by atoms with Crippen molar-refractivity contribution in [2.75, 3.05) is 19.8 Å². The number of carbonyl (C=O) groups is 2. The number of rotatable bonds is 10. The summed E-state index contributed by atoms with van der Waals surface area (Å²) in [6.07, 6.45) is 5.45. The van der Waals surface area contributed by atoms with E-state index in [1.165, 1.54) is 23.2 Å². The summed E-state index contributed by atoms with van der Waals surface area (Å²) in [6.45, 7) is 3.26. The Hall–Kier alpha value is -2.26. The van der Waals surface area contributed by atoms with Crippen LogP contribution in [0.4, 0.5) is 0 Å². The fraction of sp³-hybridized carbons (Fsp3) is 0.684. The highest BCUT2D eigenvalue weighted by Crippen LogP contribution is 2.19. The molecule has 2 atom stereocenters. The second kappa shape index (κ2) is 11.6. The fourth-order valence-corrected chi connectivity index (χ4v) is 3.15. The third-order valence-corrected chi connectivity index (χ3v) is 4.89. The number of unbranched alkanes of at least 4 members (excludes halogenated alkanes) is 1. The van der Waals surface area contributed by atoms with Gasteiger partial charge in [0.2, 0.25) is 11.8 Å². The molecule has 9 nitrogen and oxygen atoms in total. The maximum Gasteiger partial charge on any atom is 0.253 e. The van der Waals surface area contributed by atoms with Crippen LogP contribution in [0.3, 0.4) is 0 Å². The topological polar surface area (TPSA) is 123 Å². The van der Waals surface area contributed by atoms with Crippen molar-refractivity contribution in [2.24, 2.45) is 5.92 Å². The molecule has 2 rings (SSSR count). The van der Waals surface area contributed by atoms with Crippen LogP contribution in [0, 0.1) is 5.92 Å². The van der Waals surface area contributed by atoms with E-state index in [4.69, 9.17) is 4.74 Å². The molecule has 0 spiro atoms. The van der Waals surface area contributed by atoms with Gasteiger partial charge in [0.1, 0.15) is 12.6 Å². The van der Waals surface area contributed by atoms with E-state index in [0.29, 0.717) is 32.5 Å². The van der Waals surface area contributed by atoms with Crippen LogP contribution in [-0.4, -0.2) is 58.4 Å². The lowest BCUT2D eigenvalue weighted by Crippen LogP contribution is -2.49. The van der Waals surface area contributed by atoms with E-state index >= 15 is 0 Å². The standard InChI is InChI=1S/C19H30N4O5/c1-2-3-4-15(22-19(27)18(26)14-6-9-28-10-7-14)11-21-16(24)12-23-13-20-8-5-17(23)25/h5,8,13-15,18,26H,2-4,6-7,9-12H2,1H3,(H,21,24)(H,22,27). The number of amides is 2. The van der Waals surface area contributed by atoms with Crippen LogP contribution in [0.15, 0.2) is 23.4 Å². The highest BCUT2D eigenvalue weighted by Gasteiger charge is 2.29. The SMILES string of the molecule is CCCCC(CNC(=O)Cn1cnccc1=O)NC(=O)C(O)C1CCOCC1. The molecule has 156 valence electrons. The zero-order valence-corrected chi connectivity index (χ0v) is 16.3. The van der Waals surface area contributed by atoms with Crippen molar-refractivity contribution >= 4 is 11.8 Å². The molecule has 1 aromatic rings. The molecule has 0 aliphatic carbocycles. The van der Waals surface area contributed by atoms with Crippen molar-refractivity contribution < 1.29 is 19.4 Å². The van der Waals surface area contributed by atoms with Gasteiger partial charge in [-0.3, -0.25) is 19.0 Å². The zero-order valence-electron chi connectivity index (χ0n) is 16.3. The van der Waals surface area contributed by atoms with Crippen molar-refractivity contribution in [1.82, 2.24) is 20.2 Å². The number of hydrogen-bond donors (Lipinski definition) is 3. The van der Waals surface area contributed by atoms with Gasteiger partial charge in [-0.15, -0.1) is 0 Å². The Kier molecular flexibility index (Phi) is 9.09. The molecule has 1 aliphatic heterocycles. The molecule has 0 aromatic carbocycles. The van der Waals surface area contributed by atoms with Crippen molar-refractivity contribution in [3.8, 4) is 0 Å². The van der Waals surface area contributed by atoms with Crippen LogP contribution < -0.4 is 16.2 Å². The molecular formula is C19H30N4O5. The van der Waals surface area contributed by atoms with Gasteiger partial charge in [-0.25, -0.2) is 4.98 Å². The molecule has 1 aromatic heterocycles. The van der Waals surface area contributed by atoms with Gasteiger partial charge in [0.05, 0.1) is 6.33 Å². The Morgan fingerprint density at radius 3 is 2.82 bits per heavy atom. The number of aliphatic hydroxyl groups excluding tert-OH is 1. The van der Waals surface area contributed by atoms with E-state index < -0.39 is 12.0 Å². The first kappa shape index (κ1) is 22.0. The lowest BCUT2D eigenvalue weighted by Gasteiger charge is -2.28. The summed E-state index contributed by atoms with van der Waals surface area (Å²) in [6, 6.07) is 1.01. The van der Waals surface area contributed by atoms with Gasteiger partial charge in [0.25, 0.3) is 5.56 Å². The molecule has 9 heteroatoms. The van der Waals surface area contributed by atoms with E-state index in [9.17, 15) is 19.5 Å². The number of ether oxygens (including phenoxy) is 1. The van der Waals surface area contributed by atoms with Crippen LogP contribution in [0.5, 0.6) is 0 Å². The molecule has 0 bridgehead atoms. The fourth-order valence-electron chi connectivity index (χ4n) is 3.15. The molecule has 1 saturated heterocycles. The van der Waals surface area contributed by atoms with Crippen LogP contribution in [0.25, 0.3) is 0 Å². The number of nitrogens with zero attached hydrogens (tertiary/aromatic N) is 2. The third kappa shape index (κ3) is 7.05. The molecule has 0 radical (unpaired) electrons. The molecule has 1 fully saturated rings. The molecule has 28 heavy (non-hydrogen) atoms. The van der Waals surface area contributed by atoms with Gasteiger partial charge in [-0.05, 0) is 25.2 Å². The Morgan fingerprint density at radius 2 is 2.14 bits per heavy atom. The van der Waals surface area contributed by atoms with Crippen molar-refractivity contribution in [1.29, 1.82) is 0 Å². The minimum atomic E-state index is -1.07. The van der Waals surface area contributed by atoms with Gasteiger partial charge < -0.3 is 20.5 Å². The lowest BCUT2D eigenvalue weighted by atomic mass is 9.93. The summed E-state index contributed by atoms with van der Waals surface area (Å²) in [4.78, 5) is 40.0. The molecule has 3 N–H and O–H groups in total. The van der Waals surface area contributed by atoms with E-state index in [-0.39, 0.29) is 36.5 Å². The molecular weight excluding hydrogens is 364 g/mol. The number of aromatic nitrogens is 2. The average molecular weight is 394 g/mol. The van der Waals surface area contributed by atoms with Gasteiger partial charge in [0, 0.05) is 38.1 Å². The Morgan fingerprint density at radius 1 is 1.39 bits per heavy atom. The van der Waals surface area contributed by atoms with Crippen LogP contribution in [-0.2, 0) is 20.9 Å². The second-order valence-corrected chi connectivity index (χ2v) is 7.09. The second-order valence-electron chi connectivity index (χ2n) is 7.09.